The van der Waals surface area contributed by atoms with Crippen LogP contribution in [-0.2, 0) is 0 Å². The summed E-state index contributed by atoms with van der Waals surface area (Å²) in [7, 11) is 0. The van der Waals surface area contributed by atoms with E-state index < -0.39 is 10.8 Å². The first-order chi connectivity index (χ1) is 12.0. The fraction of sp³-hybridized carbons (Fsp3) is 0.0667. The number of anilines is 1. The Balaban J connectivity index is 1.76. The number of benzene rings is 2. The molecule has 0 aliphatic carbocycles. The highest BCUT2D eigenvalue weighted by Gasteiger charge is 2.16. The van der Waals surface area contributed by atoms with Gasteiger partial charge >= 0.3 is 0 Å². The Labute approximate surface area is 149 Å². The molecule has 0 spiro atoms. The molecule has 1 aliphatic rings. The van der Waals surface area contributed by atoms with Crippen molar-refractivity contribution in [1.29, 1.82) is 0 Å². The molecule has 0 aromatic heterocycles. The van der Waals surface area contributed by atoms with Crippen LogP contribution in [0.5, 0.6) is 11.5 Å². The number of halogens is 1. The summed E-state index contributed by atoms with van der Waals surface area (Å²) in [4.78, 5) is 22.3. The Morgan fingerprint density at radius 3 is 2.76 bits per heavy atom. The van der Waals surface area contributed by atoms with Crippen LogP contribution < -0.4 is 20.6 Å². The van der Waals surface area contributed by atoms with E-state index in [1.165, 1.54) is 18.3 Å². The number of nitrogens with one attached hydrogen (secondary N) is 1. The SMILES string of the molecule is Nc1ccc([N+](=O)[O-])cc1C(=O)N/N=C/c1cc2c(cc1Br)OCO2. The van der Waals surface area contributed by atoms with Crippen molar-refractivity contribution >= 4 is 39.4 Å². The van der Waals surface area contributed by atoms with Gasteiger partial charge in [-0.05, 0) is 34.1 Å². The number of carbonyl (C=O) groups is 1. The molecule has 0 fully saturated rings. The van der Waals surface area contributed by atoms with Gasteiger partial charge in [-0.1, -0.05) is 0 Å². The van der Waals surface area contributed by atoms with Crippen LogP contribution in [0.1, 0.15) is 15.9 Å². The monoisotopic (exact) mass is 406 g/mol. The molecule has 0 atom stereocenters. The van der Waals surface area contributed by atoms with Crippen molar-refractivity contribution in [3.05, 3.63) is 56.0 Å². The van der Waals surface area contributed by atoms with Gasteiger partial charge in [-0.2, -0.15) is 5.10 Å². The quantitative estimate of drug-likeness (QED) is 0.347. The molecule has 0 saturated heterocycles. The lowest BCUT2D eigenvalue weighted by Crippen LogP contribution is -2.19. The van der Waals surface area contributed by atoms with Gasteiger partial charge in [0.1, 0.15) is 0 Å². The van der Waals surface area contributed by atoms with E-state index >= 15 is 0 Å². The summed E-state index contributed by atoms with van der Waals surface area (Å²) in [6, 6.07) is 7.04. The summed E-state index contributed by atoms with van der Waals surface area (Å²) in [6.45, 7) is 0.144. The first kappa shape index (κ1) is 16.7. The van der Waals surface area contributed by atoms with Crippen LogP contribution in [0.4, 0.5) is 11.4 Å². The Bertz CT molecular complexity index is 900. The van der Waals surface area contributed by atoms with Crippen molar-refractivity contribution in [1.82, 2.24) is 5.43 Å². The van der Waals surface area contributed by atoms with Crippen molar-refractivity contribution in [3.8, 4) is 11.5 Å². The Morgan fingerprint density at radius 1 is 1.32 bits per heavy atom. The summed E-state index contributed by atoms with van der Waals surface area (Å²) < 4.78 is 11.2. The minimum Gasteiger partial charge on any atom is -0.454 e. The van der Waals surface area contributed by atoms with E-state index in [1.54, 1.807) is 12.1 Å². The van der Waals surface area contributed by atoms with E-state index in [0.29, 0.717) is 21.5 Å². The van der Waals surface area contributed by atoms with E-state index in [-0.39, 0.29) is 23.7 Å². The lowest BCUT2D eigenvalue weighted by molar-refractivity contribution is -0.384. The number of hydrogen-bond donors (Lipinski definition) is 2. The number of non-ortho nitro benzene ring substituents is 1. The second-order valence-corrected chi connectivity index (χ2v) is 5.81. The highest BCUT2D eigenvalue weighted by molar-refractivity contribution is 9.10. The number of rotatable bonds is 4. The van der Waals surface area contributed by atoms with E-state index in [1.807, 2.05) is 0 Å². The van der Waals surface area contributed by atoms with Crippen LogP contribution >= 0.6 is 15.9 Å². The van der Waals surface area contributed by atoms with Gasteiger partial charge in [0.05, 0.1) is 16.7 Å². The molecule has 2 aromatic carbocycles. The van der Waals surface area contributed by atoms with E-state index in [0.717, 1.165) is 6.07 Å². The topological polar surface area (TPSA) is 129 Å². The number of nitrogens with zero attached hydrogens (tertiary/aromatic N) is 2. The van der Waals surface area contributed by atoms with Crippen LogP contribution in [0.3, 0.4) is 0 Å². The average Bonchev–Trinajstić information content (AvgIpc) is 3.02. The van der Waals surface area contributed by atoms with Gasteiger partial charge in [0.15, 0.2) is 11.5 Å². The molecule has 9 nitrogen and oxygen atoms in total. The number of nitro groups is 1. The van der Waals surface area contributed by atoms with E-state index in [9.17, 15) is 14.9 Å². The van der Waals surface area contributed by atoms with Gasteiger partial charge in [0, 0.05) is 27.9 Å². The van der Waals surface area contributed by atoms with E-state index in [2.05, 4.69) is 26.5 Å². The maximum atomic E-state index is 12.1. The van der Waals surface area contributed by atoms with Crippen molar-refractivity contribution in [3.63, 3.8) is 0 Å². The maximum Gasteiger partial charge on any atom is 0.273 e. The molecule has 128 valence electrons. The molecule has 1 aliphatic heterocycles. The largest absolute Gasteiger partial charge is 0.454 e. The number of hydrogen-bond acceptors (Lipinski definition) is 7. The second-order valence-electron chi connectivity index (χ2n) is 4.95. The number of fused-ring (bicyclic) bond motifs is 1. The van der Waals surface area contributed by atoms with Crippen LogP contribution in [0.2, 0.25) is 0 Å². The summed E-state index contributed by atoms with van der Waals surface area (Å²) in [6.07, 6.45) is 1.40. The number of carbonyl (C=O) groups excluding carboxylic acids is 1. The zero-order valence-corrected chi connectivity index (χ0v) is 14.1. The van der Waals surface area contributed by atoms with Crippen molar-refractivity contribution in [2.75, 3.05) is 12.5 Å². The van der Waals surface area contributed by atoms with Gasteiger partial charge in [-0.25, -0.2) is 5.43 Å². The predicted octanol–water partition coefficient (Wildman–Crippen LogP) is 2.43. The molecule has 3 N–H and O–H groups in total. The van der Waals surface area contributed by atoms with Gasteiger partial charge in [0.2, 0.25) is 6.79 Å². The predicted molar refractivity (Wildman–Crippen MR) is 92.8 cm³/mol. The number of amides is 1. The van der Waals surface area contributed by atoms with Crippen molar-refractivity contribution in [2.24, 2.45) is 5.10 Å². The molecule has 3 rings (SSSR count). The third kappa shape index (κ3) is 3.53. The van der Waals surface area contributed by atoms with Crippen LogP contribution in [0.25, 0.3) is 0 Å². The van der Waals surface area contributed by atoms with Gasteiger partial charge < -0.3 is 15.2 Å². The standard InChI is InChI=1S/C15H11BrN4O5/c16-11-5-14-13(24-7-25-14)3-8(11)6-18-19-15(21)10-4-9(20(22)23)1-2-12(10)17/h1-6H,7,17H2,(H,19,21)/b18-6+. The summed E-state index contributed by atoms with van der Waals surface area (Å²) >= 11 is 3.36. The van der Waals surface area contributed by atoms with Crippen molar-refractivity contribution in [2.45, 2.75) is 0 Å². The first-order valence-electron chi connectivity index (χ1n) is 6.92. The van der Waals surface area contributed by atoms with Crippen LogP contribution in [0, 0.1) is 10.1 Å². The Hall–Kier alpha value is -3.14. The van der Waals surface area contributed by atoms with Crippen LogP contribution in [-0.4, -0.2) is 23.8 Å². The second kappa shape index (κ2) is 6.77. The Morgan fingerprint density at radius 2 is 2.04 bits per heavy atom. The molecule has 0 saturated carbocycles. The number of nitrogen functional groups attached to an aromatic ring is 1. The molecule has 0 bridgehead atoms. The number of hydrazone groups is 1. The lowest BCUT2D eigenvalue weighted by atomic mass is 10.1. The molecule has 0 unspecified atom stereocenters. The molecular weight excluding hydrogens is 396 g/mol. The number of nitro benzene ring substituents is 1. The third-order valence-electron chi connectivity index (χ3n) is 3.35. The molecule has 10 heteroatoms. The molecule has 2 aromatic rings. The molecule has 1 heterocycles. The number of nitrogens with two attached hydrogens (primary N) is 1. The molecule has 0 radical (unpaired) electrons. The molecular formula is C15H11BrN4O5. The average molecular weight is 407 g/mol. The van der Waals surface area contributed by atoms with Crippen LogP contribution in [0.15, 0.2) is 39.9 Å². The summed E-state index contributed by atoms with van der Waals surface area (Å²) in [5.41, 5.74) is 8.47. The molecule has 25 heavy (non-hydrogen) atoms. The maximum absolute atomic E-state index is 12.1. The zero-order valence-electron chi connectivity index (χ0n) is 12.6. The number of ether oxygens (including phenoxy) is 2. The minimum absolute atomic E-state index is 0.0314. The van der Waals surface area contributed by atoms with Crippen molar-refractivity contribution < 1.29 is 19.2 Å². The third-order valence-corrected chi connectivity index (χ3v) is 4.04. The lowest BCUT2D eigenvalue weighted by Gasteiger charge is -2.04. The molecule has 1 amide bonds. The highest BCUT2D eigenvalue weighted by atomic mass is 79.9. The minimum atomic E-state index is -0.658. The first-order valence-corrected chi connectivity index (χ1v) is 7.71. The zero-order chi connectivity index (χ0) is 18.0. The normalized spacial score (nSPS) is 12.4. The smallest absolute Gasteiger partial charge is 0.273 e. The van der Waals surface area contributed by atoms with Gasteiger partial charge in [-0.15, -0.1) is 0 Å². The highest BCUT2D eigenvalue weighted by Crippen LogP contribution is 2.36. The van der Waals surface area contributed by atoms with E-state index in [4.69, 9.17) is 15.2 Å². The van der Waals surface area contributed by atoms with Gasteiger partial charge in [-0.3, -0.25) is 14.9 Å². The fourth-order valence-corrected chi connectivity index (χ4v) is 2.53. The fourth-order valence-electron chi connectivity index (χ4n) is 2.11. The van der Waals surface area contributed by atoms with Gasteiger partial charge in [0.25, 0.3) is 11.6 Å². The summed E-state index contributed by atoms with van der Waals surface area (Å²) in [5, 5.41) is 14.6. The Kier molecular flexibility index (Phi) is 4.52. The summed E-state index contributed by atoms with van der Waals surface area (Å²) in [5.74, 6) is 0.519.